The third kappa shape index (κ3) is 13.9. The fraction of sp³-hybridized carbons (Fsp3) is 0.478. The summed E-state index contributed by atoms with van der Waals surface area (Å²) in [4.78, 5) is 7.97. The first-order valence-electron chi connectivity index (χ1n) is 19.6. The second-order valence-electron chi connectivity index (χ2n) is 16.0. The second-order valence-corrected chi connectivity index (χ2v) is 17.9. The van der Waals surface area contributed by atoms with Gasteiger partial charge in [0.25, 0.3) is 0 Å². The van der Waals surface area contributed by atoms with E-state index in [1.807, 2.05) is 31.2 Å². The lowest BCUT2D eigenvalue weighted by Gasteiger charge is -2.34. The Morgan fingerprint density at radius 1 is 0.509 bits per heavy atom. The van der Waals surface area contributed by atoms with Crippen LogP contribution in [0.4, 0.5) is 11.4 Å². The summed E-state index contributed by atoms with van der Waals surface area (Å²) >= 11 is 0. The highest BCUT2D eigenvalue weighted by Gasteiger charge is 2.17. The Kier molecular flexibility index (Phi) is 16.4. The van der Waals surface area contributed by atoms with E-state index in [2.05, 4.69) is 112 Å². The van der Waals surface area contributed by atoms with Crippen molar-refractivity contribution in [2.45, 2.75) is 77.5 Å². The van der Waals surface area contributed by atoms with E-state index in [9.17, 15) is 8.42 Å². The lowest BCUT2D eigenvalue weighted by Crippen LogP contribution is -2.44. The van der Waals surface area contributed by atoms with Gasteiger partial charge >= 0.3 is 0 Å². The molecule has 2 heterocycles. The van der Waals surface area contributed by atoms with Crippen LogP contribution < -0.4 is 9.80 Å². The van der Waals surface area contributed by atoms with E-state index < -0.39 is 9.84 Å². The topological polar surface area (TPSA) is 53.1 Å². The van der Waals surface area contributed by atoms with Crippen molar-refractivity contribution in [3.63, 3.8) is 0 Å². The molecule has 2 aliphatic rings. The average molecular weight is 740 g/mol. The Labute approximate surface area is 322 Å². The normalized spacial score (nSPS) is 15.2. The number of rotatable bonds is 10. The number of morpholine rings is 1. The zero-order valence-electron chi connectivity index (χ0n) is 33.7. The zero-order chi connectivity index (χ0) is 38.4. The summed E-state index contributed by atoms with van der Waals surface area (Å²) < 4.78 is 30.3. The Bertz CT molecular complexity index is 1720. The summed E-state index contributed by atoms with van der Waals surface area (Å²) in [6, 6.07) is 32.3. The zero-order valence-corrected chi connectivity index (χ0v) is 34.5. The molecule has 6 nitrogen and oxygen atoms in total. The minimum atomic E-state index is -3.40. The lowest BCUT2D eigenvalue weighted by atomic mass is 10.0. The Hall–Kier alpha value is -3.65. The maximum absolute atomic E-state index is 12.5. The maximum Gasteiger partial charge on any atom is 0.206 e. The van der Waals surface area contributed by atoms with E-state index in [-0.39, 0.29) is 0 Å². The fourth-order valence-corrected chi connectivity index (χ4v) is 7.91. The largest absolute Gasteiger partial charge is 0.378 e. The van der Waals surface area contributed by atoms with Gasteiger partial charge in [-0.2, -0.15) is 0 Å². The molecule has 0 spiro atoms. The second kappa shape index (κ2) is 20.7. The summed E-state index contributed by atoms with van der Waals surface area (Å²) in [5.74, 6) is 2.04. The Morgan fingerprint density at radius 2 is 0.849 bits per heavy atom. The molecule has 4 aromatic carbocycles. The molecule has 2 saturated heterocycles. The molecular formula is C46H65N3O3S. The molecule has 0 amide bonds. The van der Waals surface area contributed by atoms with Gasteiger partial charge in [-0.3, -0.25) is 0 Å². The van der Waals surface area contributed by atoms with Gasteiger partial charge < -0.3 is 19.4 Å². The van der Waals surface area contributed by atoms with Crippen LogP contribution in [0.3, 0.4) is 0 Å². The van der Waals surface area contributed by atoms with E-state index in [1.54, 1.807) is 24.3 Å². The van der Waals surface area contributed by atoms with Crippen molar-refractivity contribution in [3.05, 3.63) is 119 Å². The number of hydrogen-bond acceptors (Lipinski definition) is 6. The maximum atomic E-state index is 12.5. The predicted molar refractivity (Wildman–Crippen MR) is 224 cm³/mol. The van der Waals surface area contributed by atoms with Crippen LogP contribution in [-0.2, 0) is 33.8 Å². The average Bonchev–Trinajstić information content (AvgIpc) is 3.13. The van der Waals surface area contributed by atoms with Gasteiger partial charge in [0.05, 0.1) is 23.0 Å². The van der Waals surface area contributed by atoms with Crippen LogP contribution in [0.25, 0.3) is 0 Å². The predicted octanol–water partition coefficient (Wildman–Crippen LogP) is 9.38. The molecule has 0 bridgehead atoms. The summed E-state index contributed by atoms with van der Waals surface area (Å²) in [6.07, 6.45) is 3.32. The molecule has 0 unspecified atom stereocenters. The molecule has 53 heavy (non-hydrogen) atoms. The Balaban J connectivity index is 0.000000179. The van der Waals surface area contributed by atoms with Gasteiger partial charge in [-0.15, -0.1) is 0 Å². The molecular weight excluding hydrogens is 675 g/mol. The molecule has 4 aromatic rings. The number of piperazine rings is 1. The minimum Gasteiger partial charge on any atom is -0.378 e. The van der Waals surface area contributed by atoms with Crippen molar-refractivity contribution in [2.24, 2.45) is 17.8 Å². The quantitative estimate of drug-likeness (QED) is 0.162. The molecule has 0 saturated carbocycles. The smallest absolute Gasteiger partial charge is 0.206 e. The molecule has 288 valence electrons. The highest BCUT2D eigenvalue weighted by Crippen LogP contribution is 2.23. The van der Waals surface area contributed by atoms with E-state index in [1.165, 1.54) is 54.0 Å². The number of likely N-dealkylation sites (N-methyl/N-ethyl adjacent to an activating group) is 1. The summed E-state index contributed by atoms with van der Waals surface area (Å²) in [5.41, 5.74) is 7.82. The number of benzene rings is 4. The van der Waals surface area contributed by atoms with Crippen LogP contribution in [0, 0.1) is 24.7 Å². The molecule has 2 aliphatic heterocycles. The fourth-order valence-electron chi connectivity index (χ4n) is 6.64. The van der Waals surface area contributed by atoms with Crippen LogP contribution in [-0.4, -0.2) is 72.8 Å². The van der Waals surface area contributed by atoms with Gasteiger partial charge in [-0.1, -0.05) is 95.6 Å². The lowest BCUT2D eigenvalue weighted by molar-refractivity contribution is 0.122. The SMILES string of the molecule is CC(C)Cc1ccc(N2CCN(C)CC2)cc1.CC(C)Cc1ccc(N2CCOCC2)cc1.Cc1ccc(S(=O)(=O)c2ccc(CC(C)C)cc2)cc1. The van der Waals surface area contributed by atoms with Crippen molar-refractivity contribution < 1.29 is 13.2 Å². The molecule has 0 aromatic heterocycles. The van der Waals surface area contributed by atoms with Gasteiger partial charge in [-0.05, 0) is 116 Å². The van der Waals surface area contributed by atoms with Crippen LogP contribution in [0.2, 0.25) is 0 Å². The van der Waals surface area contributed by atoms with Gasteiger partial charge in [-0.25, -0.2) is 8.42 Å². The van der Waals surface area contributed by atoms with Gasteiger partial charge in [0, 0.05) is 50.6 Å². The van der Waals surface area contributed by atoms with Gasteiger partial charge in [0.2, 0.25) is 9.84 Å². The third-order valence-corrected chi connectivity index (χ3v) is 11.4. The highest BCUT2D eigenvalue weighted by molar-refractivity contribution is 7.91. The number of aryl methyl sites for hydroxylation is 1. The number of hydrogen-bond donors (Lipinski definition) is 0. The standard InChI is InChI=1S/C17H20O2S.C15H24N2.C14H21NO/c1-13(2)12-15-6-10-17(11-7-15)20(18,19)16-8-4-14(3)5-9-16;1-13(2)12-14-4-6-15(7-5-14)17-10-8-16(3)9-11-17;1-12(2)11-13-3-5-14(6-4-13)15-7-9-16-10-8-15/h4-11,13H,12H2,1-3H3;4-7,13H,8-12H2,1-3H3;3-6,12H,7-11H2,1-2H3. The number of anilines is 2. The van der Waals surface area contributed by atoms with E-state index in [0.717, 1.165) is 63.2 Å². The summed E-state index contributed by atoms with van der Waals surface area (Å²) in [6.45, 7) is 23.7. The number of sulfone groups is 1. The van der Waals surface area contributed by atoms with Crippen molar-refractivity contribution in [2.75, 3.05) is 69.3 Å². The molecule has 0 aliphatic carbocycles. The van der Waals surface area contributed by atoms with Gasteiger partial charge in [0.15, 0.2) is 0 Å². The minimum absolute atomic E-state index is 0.347. The molecule has 0 N–H and O–H groups in total. The highest BCUT2D eigenvalue weighted by atomic mass is 32.2. The van der Waals surface area contributed by atoms with E-state index in [4.69, 9.17) is 4.74 Å². The number of nitrogens with zero attached hydrogens (tertiary/aromatic N) is 3. The van der Waals surface area contributed by atoms with Crippen LogP contribution in [0.5, 0.6) is 0 Å². The first-order valence-corrected chi connectivity index (χ1v) is 21.1. The van der Waals surface area contributed by atoms with Crippen molar-refractivity contribution >= 4 is 21.2 Å². The summed E-state index contributed by atoms with van der Waals surface area (Å²) in [7, 11) is -1.20. The van der Waals surface area contributed by atoms with Crippen LogP contribution in [0.1, 0.15) is 63.8 Å². The Morgan fingerprint density at radius 3 is 1.23 bits per heavy atom. The number of ether oxygens (including phenoxy) is 1. The summed E-state index contributed by atoms with van der Waals surface area (Å²) in [5, 5.41) is 0. The van der Waals surface area contributed by atoms with Crippen LogP contribution in [0.15, 0.2) is 107 Å². The van der Waals surface area contributed by atoms with E-state index >= 15 is 0 Å². The monoisotopic (exact) mass is 739 g/mol. The van der Waals surface area contributed by atoms with Gasteiger partial charge in [0.1, 0.15) is 0 Å². The molecule has 0 radical (unpaired) electrons. The van der Waals surface area contributed by atoms with E-state index in [0.29, 0.717) is 15.7 Å². The first-order chi connectivity index (χ1) is 25.3. The molecule has 0 atom stereocenters. The van der Waals surface area contributed by atoms with Crippen molar-refractivity contribution in [1.82, 2.24) is 4.90 Å². The molecule has 7 heteroatoms. The van der Waals surface area contributed by atoms with Crippen molar-refractivity contribution in [1.29, 1.82) is 0 Å². The van der Waals surface area contributed by atoms with Crippen LogP contribution >= 0.6 is 0 Å². The van der Waals surface area contributed by atoms with Crippen molar-refractivity contribution in [3.8, 4) is 0 Å². The molecule has 2 fully saturated rings. The first kappa shape index (κ1) is 42.1. The third-order valence-electron chi connectivity index (χ3n) is 9.61. The molecule has 6 rings (SSSR count).